The molecular weight excluding hydrogens is 455 g/mol. The van der Waals surface area contributed by atoms with Gasteiger partial charge in [-0.3, -0.25) is 4.98 Å². The van der Waals surface area contributed by atoms with E-state index in [0.29, 0.717) is 10.7 Å². The molecule has 6 rings (SSSR count). The second kappa shape index (κ2) is 8.64. The Morgan fingerprint density at radius 3 is 2.46 bits per heavy atom. The van der Waals surface area contributed by atoms with Crippen molar-refractivity contribution in [3.05, 3.63) is 126 Å². The minimum atomic E-state index is -0.232. The Kier molecular flexibility index (Phi) is 5.30. The number of nitrogens with zero attached hydrogens (tertiary/aromatic N) is 3. The van der Waals surface area contributed by atoms with Crippen molar-refractivity contribution in [3.8, 4) is 5.69 Å². The SMILES string of the molecule is Cc1cc(N2C(=S)NC(c3ccccn3)C2c2cccn2-c2ccc3ccccc3c2)ccc1F. The second-order valence-corrected chi connectivity index (χ2v) is 9.15. The van der Waals surface area contributed by atoms with E-state index in [1.54, 1.807) is 19.2 Å². The number of aromatic nitrogens is 2. The number of fused-ring (bicyclic) bond motifs is 1. The second-order valence-electron chi connectivity index (χ2n) is 8.76. The largest absolute Gasteiger partial charge is 0.351 e. The van der Waals surface area contributed by atoms with Crippen LogP contribution in [0.1, 0.15) is 29.0 Å². The maximum Gasteiger partial charge on any atom is 0.174 e. The number of rotatable bonds is 4. The monoisotopic (exact) mass is 478 g/mol. The third-order valence-corrected chi connectivity index (χ3v) is 6.93. The Morgan fingerprint density at radius 1 is 0.857 bits per heavy atom. The van der Waals surface area contributed by atoms with Gasteiger partial charge in [-0.2, -0.15) is 0 Å². The fourth-order valence-corrected chi connectivity index (χ4v) is 5.25. The van der Waals surface area contributed by atoms with E-state index in [4.69, 9.17) is 12.2 Å². The maximum absolute atomic E-state index is 14.1. The molecule has 35 heavy (non-hydrogen) atoms. The quantitative estimate of drug-likeness (QED) is 0.293. The molecule has 3 heterocycles. The molecule has 6 heteroatoms. The van der Waals surface area contributed by atoms with E-state index in [-0.39, 0.29) is 17.9 Å². The molecule has 0 aliphatic carbocycles. The van der Waals surface area contributed by atoms with Gasteiger partial charge in [-0.25, -0.2) is 4.39 Å². The number of halogens is 1. The van der Waals surface area contributed by atoms with Crippen molar-refractivity contribution in [1.29, 1.82) is 0 Å². The lowest BCUT2D eigenvalue weighted by molar-refractivity contribution is 0.549. The van der Waals surface area contributed by atoms with Crippen molar-refractivity contribution in [1.82, 2.24) is 14.9 Å². The van der Waals surface area contributed by atoms with Gasteiger partial charge in [-0.05, 0) is 90.1 Å². The number of thiocarbonyl (C=S) groups is 1. The molecule has 0 radical (unpaired) electrons. The van der Waals surface area contributed by atoms with Crippen LogP contribution in [-0.2, 0) is 0 Å². The zero-order chi connectivity index (χ0) is 23.9. The molecule has 1 aliphatic heterocycles. The predicted octanol–water partition coefficient (Wildman–Crippen LogP) is 6.65. The average Bonchev–Trinajstić information content (AvgIpc) is 3.50. The highest BCUT2D eigenvalue weighted by Crippen LogP contribution is 2.42. The van der Waals surface area contributed by atoms with Crippen LogP contribution < -0.4 is 10.2 Å². The number of anilines is 1. The molecule has 3 aromatic carbocycles. The molecule has 2 atom stereocenters. The first kappa shape index (κ1) is 21.5. The van der Waals surface area contributed by atoms with Crippen LogP contribution in [0.15, 0.2) is 103 Å². The van der Waals surface area contributed by atoms with Crippen LogP contribution in [0.25, 0.3) is 16.5 Å². The molecule has 0 saturated carbocycles. The third-order valence-electron chi connectivity index (χ3n) is 6.61. The molecular formula is C29H23FN4S. The fraction of sp³-hybridized carbons (Fsp3) is 0.103. The summed E-state index contributed by atoms with van der Waals surface area (Å²) in [5.74, 6) is -0.232. The highest BCUT2D eigenvalue weighted by atomic mass is 32.1. The summed E-state index contributed by atoms with van der Waals surface area (Å²) in [4.78, 5) is 6.72. The van der Waals surface area contributed by atoms with E-state index in [9.17, 15) is 4.39 Å². The van der Waals surface area contributed by atoms with Gasteiger partial charge in [0, 0.05) is 29.5 Å². The first-order chi connectivity index (χ1) is 17.1. The van der Waals surface area contributed by atoms with E-state index >= 15 is 0 Å². The fourth-order valence-electron chi connectivity index (χ4n) is 4.91. The van der Waals surface area contributed by atoms with Crippen LogP contribution in [0.3, 0.4) is 0 Å². The molecule has 0 bridgehead atoms. The van der Waals surface area contributed by atoms with Crippen molar-refractivity contribution < 1.29 is 4.39 Å². The maximum atomic E-state index is 14.1. The van der Waals surface area contributed by atoms with Gasteiger partial charge in [-0.15, -0.1) is 0 Å². The van der Waals surface area contributed by atoms with Crippen molar-refractivity contribution >= 4 is 33.8 Å². The lowest BCUT2D eigenvalue weighted by Crippen LogP contribution is -2.30. The molecule has 0 spiro atoms. The molecule has 0 amide bonds. The molecule has 5 aromatic rings. The Hall–Kier alpha value is -4.03. The third kappa shape index (κ3) is 3.76. The summed E-state index contributed by atoms with van der Waals surface area (Å²) in [5.41, 5.74) is 4.44. The normalized spacial score (nSPS) is 17.7. The van der Waals surface area contributed by atoms with E-state index in [1.807, 2.05) is 30.3 Å². The van der Waals surface area contributed by atoms with Crippen molar-refractivity contribution in [2.75, 3.05) is 4.90 Å². The molecule has 1 fully saturated rings. The molecule has 1 saturated heterocycles. The van der Waals surface area contributed by atoms with Crippen LogP contribution >= 0.6 is 12.2 Å². The number of pyridine rings is 1. The molecule has 1 aliphatic rings. The summed E-state index contributed by atoms with van der Waals surface area (Å²) in [6.45, 7) is 1.77. The summed E-state index contributed by atoms with van der Waals surface area (Å²) in [6.07, 6.45) is 3.87. The Balaban J connectivity index is 1.52. The summed E-state index contributed by atoms with van der Waals surface area (Å²) >= 11 is 5.83. The van der Waals surface area contributed by atoms with Crippen molar-refractivity contribution in [3.63, 3.8) is 0 Å². The minimum absolute atomic E-state index is 0.178. The van der Waals surface area contributed by atoms with Gasteiger partial charge in [0.05, 0.1) is 11.7 Å². The van der Waals surface area contributed by atoms with Gasteiger partial charge in [0.15, 0.2) is 5.11 Å². The van der Waals surface area contributed by atoms with Crippen LogP contribution in [0, 0.1) is 12.7 Å². The lowest BCUT2D eigenvalue weighted by Gasteiger charge is -2.29. The topological polar surface area (TPSA) is 33.1 Å². The van der Waals surface area contributed by atoms with Gasteiger partial charge in [0.25, 0.3) is 0 Å². The molecule has 172 valence electrons. The van der Waals surface area contributed by atoms with Crippen LogP contribution in [0.5, 0.6) is 0 Å². The highest BCUT2D eigenvalue weighted by Gasteiger charge is 2.42. The van der Waals surface area contributed by atoms with Gasteiger partial charge in [0.2, 0.25) is 0 Å². The molecule has 2 unspecified atom stereocenters. The van der Waals surface area contributed by atoms with Gasteiger partial charge in [0.1, 0.15) is 11.9 Å². The number of hydrogen-bond donors (Lipinski definition) is 1. The average molecular weight is 479 g/mol. The Bertz CT molecular complexity index is 1550. The first-order valence-corrected chi connectivity index (χ1v) is 11.9. The number of aryl methyl sites for hydroxylation is 1. The van der Waals surface area contributed by atoms with Gasteiger partial charge >= 0.3 is 0 Å². The summed E-state index contributed by atoms with van der Waals surface area (Å²) < 4.78 is 16.3. The zero-order valence-electron chi connectivity index (χ0n) is 19.1. The Labute approximate surface area is 208 Å². The van der Waals surface area contributed by atoms with E-state index in [1.165, 1.54) is 16.8 Å². The van der Waals surface area contributed by atoms with E-state index in [2.05, 4.69) is 74.5 Å². The first-order valence-electron chi connectivity index (χ1n) is 11.5. The lowest BCUT2D eigenvalue weighted by atomic mass is 10.00. The van der Waals surface area contributed by atoms with Crippen LogP contribution in [0.2, 0.25) is 0 Å². The van der Waals surface area contributed by atoms with Crippen LogP contribution in [0.4, 0.5) is 10.1 Å². The molecule has 4 nitrogen and oxygen atoms in total. The molecule has 2 aromatic heterocycles. The van der Waals surface area contributed by atoms with Crippen molar-refractivity contribution in [2.24, 2.45) is 0 Å². The molecule has 1 N–H and O–H groups in total. The highest BCUT2D eigenvalue weighted by molar-refractivity contribution is 7.80. The Morgan fingerprint density at radius 2 is 1.66 bits per heavy atom. The summed E-state index contributed by atoms with van der Waals surface area (Å²) in [5, 5.41) is 6.45. The van der Waals surface area contributed by atoms with E-state index < -0.39 is 0 Å². The summed E-state index contributed by atoms with van der Waals surface area (Å²) in [6, 6.07) is 29.7. The smallest absolute Gasteiger partial charge is 0.174 e. The standard InChI is InChI=1S/C29H23FN4S/c1-19-17-23(13-14-24(19)30)34-28(27(32-29(34)35)25-9-4-5-15-31-25)26-10-6-16-33(26)22-12-11-20-7-2-3-8-21(20)18-22/h2-18,27-28H,1H3,(H,32,35). The zero-order valence-corrected chi connectivity index (χ0v) is 19.9. The van der Waals surface area contributed by atoms with Gasteiger partial charge in [-0.1, -0.05) is 36.4 Å². The number of nitrogens with one attached hydrogen (secondary N) is 1. The van der Waals surface area contributed by atoms with Crippen LogP contribution in [-0.4, -0.2) is 14.7 Å². The summed E-state index contributed by atoms with van der Waals surface area (Å²) in [7, 11) is 0. The number of hydrogen-bond acceptors (Lipinski definition) is 2. The predicted molar refractivity (Wildman–Crippen MR) is 142 cm³/mol. The number of benzene rings is 3. The minimum Gasteiger partial charge on any atom is -0.351 e. The van der Waals surface area contributed by atoms with Crippen molar-refractivity contribution in [2.45, 2.75) is 19.0 Å². The van der Waals surface area contributed by atoms with E-state index in [0.717, 1.165) is 22.8 Å². The van der Waals surface area contributed by atoms with Gasteiger partial charge < -0.3 is 14.8 Å².